The van der Waals surface area contributed by atoms with Gasteiger partial charge in [0.15, 0.2) is 0 Å². The van der Waals surface area contributed by atoms with Crippen LogP contribution in [0.25, 0.3) is 55.6 Å². The number of aromatic nitrogens is 2. The molecule has 0 saturated heterocycles. The second-order valence-electron chi connectivity index (χ2n) is 9.93. The van der Waals surface area contributed by atoms with E-state index in [-0.39, 0.29) is 6.61 Å². The van der Waals surface area contributed by atoms with E-state index in [1.165, 1.54) is 0 Å². The molecule has 0 atom stereocenters. The van der Waals surface area contributed by atoms with Gasteiger partial charge >= 0.3 is 0 Å². The van der Waals surface area contributed by atoms with Gasteiger partial charge in [0.05, 0.1) is 0 Å². The van der Waals surface area contributed by atoms with E-state index in [1.807, 2.05) is 84.9 Å². The Labute approximate surface area is 242 Å². The van der Waals surface area contributed by atoms with Gasteiger partial charge in [0, 0.05) is 16.7 Å². The van der Waals surface area contributed by atoms with Gasteiger partial charge in [-0.25, -0.2) is 0 Å². The maximum atomic E-state index is 6.19. The van der Waals surface area contributed by atoms with Crippen molar-refractivity contribution < 1.29 is 9.15 Å². The maximum absolute atomic E-state index is 6.19. The molecule has 0 bridgehead atoms. The molecular formula is C36H26N4O2. The first-order valence-corrected chi connectivity index (χ1v) is 13.7. The van der Waals surface area contributed by atoms with Crippen LogP contribution in [-0.2, 0) is 11.3 Å². The summed E-state index contributed by atoms with van der Waals surface area (Å²) in [7, 11) is 0. The quantitative estimate of drug-likeness (QED) is 0.0983. The maximum Gasteiger partial charge on any atom is 0.248 e. The van der Waals surface area contributed by atoms with Crippen LogP contribution in [0.4, 0.5) is 0 Å². The van der Waals surface area contributed by atoms with Crippen LogP contribution < -0.4 is 5.84 Å². The molecule has 42 heavy (non-hydrogen) atoms. The molecule has 6 aromatic carbocycles. The van der Waals surface area contributed by atoms with E-state index >= 15 is 0 Å². The molecule has 7 aromatic rings. The van der Waals surface area contributed by atoms with Crippen molar-refractivity contribution in [2.45, 2.75) is 6.61 Å². The van der Waals surface area contributed by atoms with Crippen LogP contribution in [0.5, 0.6) is 0 Å². The van der Waals surface area contributed by atoms with Crippen molar-refractivity contribution in [1.29, 1.82) is 0 Å². The number of rotatable bonds is 6. The fourth-order valence-corrected chi connectivity index (χ4v) is 5.35. The zero-order valence-electron chi connectivity index (χ0n) is 22.6. The van der Waals surface area contributed by atoms with Crippen LogP contribution in [0, 0.1) is 0 Å². The third-order valence-corrected chi connectivity index (χ3v) is 7.35. The zero-order valence-corrected chi connectivity index (χ0v) is 22.6. The molecule has 0 amide bonds. The Hall–Kier alpha value is -5.75. The first-order valence-electron chi connectivity index (χ1n) is 13.7. The highest BCUT2D eigenvalue weighted by molar-refractivity contribution is 6.10. The van der Waals surface area contributed by atoms with Crippen molar-refractivity contribution in [3.63, 3.8) is 0 Å². The second-order valence-corrected chi connectivity index (χ2v) is 9.93. The number of hydrazone groups is 1. The first kappa shape index (κ1) is 25.2. The highest BCUT2D eigenvalue weighted by Gasteiger charge is 2.16. The van der Waals surface area contributed by atoms with Gasteiger partial charge in [-0.15, -0.1) is 15.3 Å². The molecule has 2 N–H and O–H groups in total. The van der Waals surface area contributed by atoms with Crippen molar-refractivity contribution in [3.8, 4) is 34.0 Å². The Morgan fingerprint density at radius 3 is 2.17 bits per heavy atom. The van der Waals surface area contributed by atoms with Crippen LogP contribution in [0.2, 0.25) is 0 Å². The van der Waals surface area contributed by atoms with E-state index in [0.717, 1.165) is 54.9 Å². The molecule has 6 nitrogen and oxygen atoms in total. The number of nitrogens with zero attached hydrogens (tertiary/aromatic N) is 3. The predicted molar refractivity (Wildman–Crippen MR) is 168 cm³/mol. The van der Waals surface area contributed by atoms with E-state index in [4.69, 9.17) is 15.0 Å². The van der Waals surface area contributed by atoms with Gasteiger partial charge in [-0.1, -0.05) is 109 Å². The standard InChI is InChI=1S/C36H26N4O2/c37-38-35(33-21-20-29(25-11-2-1-3-12-25)30-17-6-7-18-31(30)33)41-23-24-10-8-15-27(22-24)34-39-40-36(42-34)32-19-9-14-26-13-4-5-16-28(26)32/h1-22H,23,37H2/b38-35-. The van der Waals surface area contributed by atoms with Gasteiger partial charge in [-0.2, -0.15) is 0 Å². The smallest absolute Gasteiger partial charge is 0.248 e. The number of hydrogen-bond donors (Lipinski definition) is 1. The lowest BCUT2D eigenvalue weighted by Gasteiger charge is -2.14. The van der Waals surface area contributed by atoms with Gasteiger partial charge in [-0.3, -0.25) is 0 Å². The summed E-state index contributed by atoms with van der Waals surface area (Å²) in [5.74, 6) is 7.14. The van der Waals surface area contributed by atoms with Crippen molar-refractivity contribution >= 4 is 27.4 Å². The van der Waals surface area contributed by atoms with E-state index < -0.39 is 0 Å². The molecule has 0 unspecified atom stereocenters. The summed E-state index contributed by atoms with van der Waals surface area (Å²) < 4.78 is 12.3. The van der Waals surface area contributed by atoms with Crippen LogP contribution >= 0.6 is 0 Å². The number of fused-ring (bicyclic) bond motifs is 2. The molecule has 0 radical (unpaired) electrons. The van der Waals surface area contributed by atoms with Crippen LogP contribution in [0.3, 0.4) is 0 Å². The fourth-order valence-electron chi connectivity index (χ4n) is 5.35. The molecule has 1 aromatic heterocycles. The summed E-state index contributed by atoms with van der Waals surface area (Å²) in [4.78, 5) is 0. The van der Waals surface area contributed by atoms with Gasteiger partial charge in [0.2, 0.25) is 17.7 Å². The van der Waals surface area contributed by atoms with Gasteiger partial charge in [0.1, 0.15) is 6.61 Å². The van der Waals surface area contributed by atoms with Crippen molar-refractivity contribution in [2.75, 3.05) is 0 Å². The highest BCUT2D eigenvalue weighted by atomic mass is 16.5. The SMILES string of the molecule is N/N=C(\OCc1cccc(-c2nnc(-c3cccc4ccccc34)o2)c1)c1ccc(-c2ccccc2)c2ccccc12. The van der Waals surface area contributed by atoms with E-state index in [2.05, 4.69) is 63.8 Å². The molecule has 0 aliphatic rings. The molecule has 6 heteroatoms. The number of hydrogen-bond acceptors (Lipinski definition) is 6. The topological polar surface area (TPSA) is 86.5 Å². The van der Waals surface area contributed by atoms with Gasteiger partial charge in [0.25, 0.3) is 0 Å². The van der Waals surface area contributed by atoms with Crippen LogP contribution in [-0.4, -0.2) is 16.1 Å². The normalized spacial score (nSPS) is 11.7. The minimum Gasteiger partial charge on any atom is -0.471 e. The average molecular weight is 547 g/mol. The molecule has 0 spiro atoms. The summed E-state index contributed by atoms with van der Waals surface area (Å²) >= 11 is 0. The molecule has 0 aliphatic carbocycles. The lowest BCUT2D eigenvalue weighted by molar-refractivity contribution is 0.293. The molecular weight excluding hydrogens is 520 g/mol. The largest absolute Gasteiger partial charge is 0.471 e. The minimum absolute atomic E-state index is 0.267. The number of benzene rings is 6. The third kappa shape index (κ3) is 4.75. The minimum atomic E-state index is 0.267. The predicted octanol–water partition coefficient (Wildman–Crippen LogP) is 8.21. The van der Waals surface area contributed by atoms with Gasteiger partial charge < -0.3 is 15.0 Å². The lowest BCUT2D eigenvalue weighted by atomic mass is 9.95. The van der Waals surface area contributed by atoms with Crippen molar-refractivity contribution in [2.24, 2.45) is 10.9 Å². The number of ether oxygens (including phenoxy) is 1. The molecule has 202 valence electrons. The number of nitrogens with two attached hydrogens (primary N) is 1. The van der Waals surface area contributed by atoms with Crippen molar-refractivity contribution in [1.82, 2.24) is 10.2 Å². The molecule has 1 heterocycles. The van der Waals surface area contributed by atoms with Crippen LogP contribution in [0.15, 0.2) is 143 Å². The van der Waals surface area contributed by atoms with Crippen molar-refractivity contribution in [3.05, 3.63) is 145 Å². The van der Waals surface area contributed by atoms with E-state index in [1.54, 1.807) is 0 Å². The van der Waals surface area contributed by atoms with Gasteiger partial charge in [-0.05, 0) is 62.5 Å². The Kier molecular flexibility index (Phi) is 6.62. The molecule has 0 saturated carbocycles. The summed E-state index contributed by atoms with van der Waals surface area (Å²) in [5, 5.41) is 17.0. The Bertz CT molecular complexity index is 2060. The highest BCUT2D eigenvalue weighted by Crippen LogP contribution is 2.32. The van der Waals surface area contributed by atoms with Crippen LogP contribution in [0.1, 0.15) is 11.1 Å². The molecule has 7 rings (SSSR count). The Morgan fingerprint density at radius 2 is 1.31 bits per heavy atom. The molecule has 0 fully saturated rings. The summed E-state index contributed by atoms with van der Waals surface area (Å²) in [5.41, 5.74) is 5.75. The first-order chi connectivity index (χ1) is 20.8. The molecule has 0 aliphatic heterocycles. The summed E-state index contributed by atoms with van der Waals surface area (Å²) in [6.45, 7) is 0.267. The monoisotopic (exact) mass is 546 g/mol. The van der Waals surface area contributed by atoms with E-state index in [9.17, 15) is 0 Å². The summed E-state index contributed by atoms with van der Waals surface area (Å²) in [6, 6.07) is 44.7. The second kappa shape index (κ2) is 11.0. The van der Waals surface area contributed by atoms with E-state index in [0.29, 0.717) is 17.7 Å². The lowest BCUT2D eigenvalue weighted by Crippen LogP contribution is -2.10. The Balaban J connectivity index is 1.14. The third-order valence-electron chi connectivity index (χ3n) is 7.35. The zero-order chi connectivity index (χ0) is 28.3. The fraction of sp³-hybridized carbons (Fsp3) is 0.0278. The Morgan fingerprint density at radius 1 is 0.619 bits per heavy atom. The summed E-state index contributed by atoms with van der Waals surface area (Å²) in [6.07, 6.45) is 0. The average Bonchev–Trinajstić information content (AvgIpc) is 3.56.